The molecule has 2 saturated heterocycles. The van der Waals surface area contributed by atoms with E-state index in [2.05, 4.69) is 21.2 Å². The first-order valence-corrected chi connectivity index (χ1v) is 9.71. The van der Waals surface area contributed by atoms with Gasteiger partial charge in [-0.1, -0.05) is 0 Å². The highest BCUT2D eigenvalue weighted by atomic mass is 16.1. The zero-order valence-electron chi connectivity index (χ0n) is 15.9. The molecule has 0 saturated carbocycles. The Kier molecular flexibility index (Phi) is 8.43. The second kappa shape index (κ2) is 10.8. The second-order valence-corrected chi connectivity index (χ2v) is 7.39. The molecule has 8 nitrogen and oxygen atoms in total. The minimum atomic E-state index is -0.688. The van der Waals surface area contributed by atoms with E-state index in [1.807, 2.05) is 0 Å². The predicted octanol–water partition coefficient (Wildman–Crippen LogP) is 0.705. The third kappa shape index (κ3) is 6.77. The van der Waals surface area contributed by atoms with Crippen LogP contribution in [0, 0.1) is 28.1 Å². The van der Waals surface area contributed by atoms with Crippen molar-refractivity contribution in [1.29, 1.82) is 16.1 Å². The summed E-state index contributed by atoms with van der Waals surface area (Å²) >= 11 is 0. The van der Waals surface area contributed by atoms with Gasteiger partial charge in [0, 0.05) is 44.9 Å². The van der Waals surface area contributed by atoms with Gasteiger partial charge in [-0.3, -0.25) is 10.2 Å². The topological polar surface area (TPSA) is 133 Å². The highest BCUT2D eigenvalue weighted by Gasteiger charge is 2.23. The van der Waals surface area contributed by atoms with Crippen LogP contribution in [0.4, 0.5) is 0 Å². The van der Waals surface area contributed by atoms with Gasteiger partial charge < -0.3 is 26.3 Å². The van der Waals surface area contributed by atoms with Gasteiger partial charge in [0.15, 0.2) is 0 Å². The van der Waals surface area contributed by atoms with Crippen molar-refractivity contribution >= 4 is 18.0 Å². The lowest BCUT2D eigenvalue weighted by atomic mass is 9.94. The Labute approximate surface area is 161 Å². The molecule has 148 valence electrons. The summed E-state index contributed by atoms with van der Waals surface area (Å²) in [6.07, 6.45) is 7.03. The molecule has 8 heteroatoms. The molecule has 2 aliphatic rings. The second-order valence-electron chi connectivity index (χ2n) is 7.39. The molecule has 0 aromatic carbocycles. The number of allylic oxidation sites excluding steroid dienone is 1. The van der Waals surface area contributed by atoms with Gasteiger partial charge in [0.25, 0.3) is 5.91 Å². The molecule has 0 aliphatic carbocycles. The van der Waals surface area contributed by atoms with Crippen LogP contribution >= 0.6 is 0 Å². The van der Waals surface area contributed by atoms with E-state index in [-0.39, 0.29) is 17.5 Å². The van der Waals surface area contributed by atoms with Crippen molar-refractivity contribution < 1.29 is 4.79 Å². The van der Waals surface area contributed by atoms with E-state index in [4.69, 9.17) is 21.8 Å². The number of nitrogens with zero attached hydrogens (tertiary/aromatic N) is 3. The number of amides is 1. The zero-order valence-corrected chi connectivity index (χ0v) is 15.9. The summed E-state index contributed by atoms with van der Waals surface area (Å²) in [7, 11) is 0. The first-order chi connectivity index (χ1) is 13.0. The smallest absolute Gasteiger partial charge is 0.252 e. The number of nitrogens with one attached hydrogen (secondary N) is 3. The summed E-state index contributed by atoms with van der Waals surface area (Å²) < 4.78 is 0. The van der Waals surface area contributed by atoms with Gasteiger partial charge in [-0.05, 0) is 50.8 Å². The van der Waals surface area contributed by atoms with E-state index in [0.717, 1.165) is 71.2 Å². The van der Waals surface area contributed by atoms with Gasteiger partial charge in [-0.15, -0.1) is 0 Å². The third-order valence-electron chi connectivity index (χ3n) is 5.54. The van der Waals surface area contributed by atoms with E-state index in [9.17, 15) is 4.79 Å². The van der Waals surface area contributed by atoms with Crippen molar-refractivity contribution in [2.45, 2.75) is 38.1 Å². The number of rotatable bonds is 8. The maximum absolute atomic E-state index is 11.4. The van der Waals surface area contributed by atoms with Crippen LogP contribution in [-0.2, 0) is 4.79 Å². The quantitative estimate of drug-likeness (QED) is 0.282. The van der Waals surface area contributed by atoms with Gasteiger partial charge in [0.2, 0.25) is 0 Å². The fraction of sp³-hybridized carbons (Fsp3) is 0.684. The van der Waals surface area contributed by atoms with Gasteiger partial charge in [0.1, 0.15) is 5.84 Å². The molecule has 1 amide bonds. The Morgan fingerprint density at radius 2 is 1.70 bits per heavy atom. The number of nitriles is 1. The molecule has 2 heterocycles. The lowest BCUT2D eigenvalue weighted by Gasteiger charge is -2.36. The summed E-state index contributed by atoms with van der Waals surface area (Å²) in [4.78, 5) is 16.3. The van der Waals surface area contributed by atoms with Crippen LogP contribution in [0.25, 0.3) is 0 Å². The third-order valence-corrected chi connectivity index (χ3v) is 5.54. The summed E-state index contributed by atoms with van der Waals surface area (Å²) in [6, 6.07) is 2.44. The number of piperidine rings is 2. The Bertz CT molecular complexity index is 594. The minimum absolute atomic E-state index is 0.00434. The number of primary amides is 1. The summed E-state index contributed by atoms with van der Waals surface area (Å²) in [5.74, 6) is -0.105. The number of nitrogens with two attached hydrogens (primary N) is 1. The van der Waals surface area contributed by atoms with Crippen LogP contribution in [-0.4, -0.2) is 73.1 Å². The maximum Gasteiger partial charge on any atom is 0.252 e. The molecule has 0 aromatic heterocycles. The molecule has 0 atom stereocenters. The number of carbonyl (C=O) groups excluding carboxylic acids is 1. The number of hydrogen-bond donors (Lipinski definition) is 4. The van der Waals surface area contributed by atoms with Gasteiger partial charge in [-0.25, -0.2) is 0 Å². The molecule has 2 fully saturated rings. The number of carbonyl (C=O) groups is 1. The molecule has 0 radical (unpaired) electrons. The average Bonchev–Trinajstić information content (AvgIpc) is 2.66. The average molecular weight is 374 g/mol. The van der Waals surface area contributed by atoms with E-state index in [1.165, 1.54) is 6.08 Å². The molecule has 0 unspecified atom stereocenters. The monoisotopic (exact) mass is 373 g/mol. The van der Waals surface area contributed by atoms with Crippen LogP contribution in [0.5, 0.6) is 0 Å². The van der Waals surface area contributed by atoms with Crippen molar-refractivity contribution in [1.82, 2.24) is 15.1 Å². The Balaban J connectivity index is 1.66. The number of likely N-dealkylation sites (tertiary alicyclic amines) is 2. The van der Waals surface area contributed by atoms with Gasteiger partial charge >= 0.3 is 0 Å². The van der Waals surface area contributed by atoms with E-state index in [0.29, 0.717) is 12.3 Å². The fourth-order valence-electron chi connectivity index (χ4n) is 3.78. The van der Waals surface area contributed by atoms with Crippen molar-refractivity contribution in [3.8, 4) is 6.07 Å². The highest BCUT2D eigenvalue weighted by Crippen LogP contribution is 2.20. The highest BCUT2D eigenvalue weighted by molar-refractivity contribution is 6.20. The normalized spacial score (nSPS) is 20.8. The van der Waals surface area contributed by atoms with Gasteiger partial charge in [-0.2, -0.15) is 5.26 Å². The zero-order chi connectivity index (χ0) is 19.6. The fourth-order valence-corrected chi connectivity index (χ4v) is 3.78. The summed E-state index contributed by atoms with van der Waals surface area (Å²) in [6.45, 7) is 6.24. The van der Waals surface area contributed by atoms with Crippen LogP contribution in [0.15, 0.2) is 11.6 Å². The SMILES string of the molecule is N#CCC1CCN(CCN2CCC(NC(=N)/C(=C/C=N)C(N)=O)CC2)CC1. The largest absolute Gasteiger partial charge is 0.367 e. The van der Waals surface area contributed by atoms with E-state index in [1.54, 1.807) is 0 Å². The van der Waals surface area contributed by atoms with Crippen molar-refractivity contribution in [3.63, 3.8) is 0 Å². The molecular formula is C19H31N7O. The Morgan fingerprint density at radius 3 is 2.19 bits per heavy atom. The van der Waals surface area contributed by atoms with Gasteiger partial charge in [0.05, 0.1) is 11.6 Å². The maximum atomic E-state index is 11.4. The van der Waals surface area contributed by atoms with Crippen molar-refractivity contribution in [2.75, 3.05) is 39.3 Å². The molecule has 0 aromatic rings. The standard InChI is InChI=1S/C19H31N7O/c20-7-1-15-3-9-25(10-4-15)13-14-26-11-5-16(6-12-26)24-18(22)17(2-8-21)19(23)27/h2,8,15-16,21H,1,3-6,9-14H2,(H2,22,24)(H2,23,27)/b17-2-,21-8?. The lowest BCUT2D eigenvalue weighted by molar-refractivity contribution is -0.114. The molecule has 0 bridgehead atoms. The van der Waals surface area contributed by atoms with Crippen LogP contribution in [0.1, 0.15) is 32.1 Å². The molecule has 5 N–H and O–H groups in total. The molecular weight excluding hydrogens is 342 g/mol. The molecule has 0 spiro atoms. The summed E-state index contributed by atoms with van der Waals surface area (Å²) in [5, 5.41) is 26.9. The Hall–Kier alpha value is -2.24. The first kappa shape index (κ1) is 21.1. The van der Waals surface area contributed by atoms with Crippen molar-refractivity contribution in [3.05, 3.63) is 11.6 Å². The summed E-state index contributed by atoms with van der Waals surface area (Å²) in [5.41, 5.74) is 5.31. The molecule has 2 aliphatic heterocycles. The van der Waals surface area contributed by atoms with E-state index < -0.39 is 5.91 Å². The van der Waals surface area contributed by atoms with Crippen LogP contribution in [0.2, 0.25) is 0 Å². The van der Waals surface area contributed by atoms with Crippen molar-refractivity contribution in [2.24, 2.45) is 11.7 Å². The van der Waals surface area contributed by atoms with Crippen LogP contribution in [0.3, 0.4) is 0 Å². The first-order valence-electron chi connectivity index (χ1n) is 9.71. The Morgan fingerprint density at radius 1 is 1.15 bits per heavy atom. The lowest BCUT2D eigenvalue weighted by Crippen LogP contribution is -2.47. The molecule has 27 heavy (non-hydrogen) atoms. The number of amidine groups is 1. The van der Waals surface area contributed by atoms with E-state index >= 15 is 0 Å². The number of hydrogen-bond acceptors (Lipinski definition) is 6. The molecule has 2 rings (SSSR count). The predicted molar refractivity (Wildman–Crippen MR) is 106 cm³/mol. The minimum Gasteiger partial charge on any atom is -0.367 e. The van der Waals surface area contributed by atoms with Crippen LogP contribution < -0.4 is 11.1 Å².